The molecule has 0 saturated heterocycles. The quantitative estimate of drug-likeness (QED) is 0.283. The van der Waals surface area contributed by atoms with Crippen LogP contribution in [0, 0.1) is 13.8 Å². The first-order chi connectivity index (χ1) is 13.6. The van der Waals surface area contributed by atoms with Gasteiger partial charge < -0.3 is 9.47 Å². The third-order valence-corrected chi connectivity index (χ3v) is 4.11. The van der Waals surface area contributed by atoms with Crippen molar-refractivity contribution in [2.45, 2.75) is 57.3 Å². The lowest BCUT2D eigenvalue weighted by Crippen LogP contribution is -2.59. The molecule has 0 aliphatic carbocycles. The van der Waals surface area contributed by atoms with Gasteiger partial charge >= 0.3 is 36.1 Å². The number of aryl methyl sites for hydroxylation is 1. The number of esters is 2. The molecule has 0 N–H and O–H groups in total. The molecule has 0 amide bonds. The van der Waals surface area contributed by atoms with Crippen molar-refractivity contribution in [3.8, 4) is 5.75 Å². The van der Waals surface area contributed by atoms with Crippen molar-refractivity contribution in [2.24, 2.45) is 0 Å². The van der Waals surface area contributed by atoms with E-state index in [4.69, 9.17) is 4.74 Å². The lowest BCUT2D eigenvalue weighted by Gasteiger charge is -2.31. The molecular formula is C18H18F8O4. The summed E-state index contributed by atoms with van der Waals surface area (Å²) in [6, 6.07) is 4.93. The Balaban J connectivity index is 2.51. The predicted octanol–water partition coefficient (Wildman–Crippen LogP) is 5.09. The zero-order valence-corrected chi connectivity index (χ0v) is 15.8. The second kappa shape index (κ2) is 9.61. The van der Waals surface area contributed by atoms with Crippen LogP contribution in [-0.4, -0.2) is 42.7 Å². The van der Waals surface area contributed by atoms with Crippen LogP contribution in [0.2, 0.25) is 0 Å². The number of carbonyl (C=O) groups excluding carboxylic acids is 2. The van der Waals surface area contributed by atoms with Crippen molar-refractivity contribution >= 4 is 11.9 Å². The Morgan fingerprint density at radius 1 is 0.967 bits per heavy atom. The molecule has 30 heavy (non-hydrogen) atoms. The molecule has 0 aromatic heterocycles. The van der Waals surface area contributed by atoms with Gasteiger partial charge in [0, 0.05) is 12.8 Å². The minimum Gasteiger partial charge on any atom is -0.459 e. The van der Waals surface area contributed by atoms with Crippen molar-refractivity contribution in [2.75, 3.05) is 6.61 Å². The minimum atomic E-state index is -6.45. The highest BCUT2D eigenvalue weighted by atomic mass is 19.4. The van der Waals surface area contributed by atoms with E-state index in [-0.39, 0.29) is 18.6 Å². The number of hydrogen-bond donors (Lipinski definition) is 0. The average Bonchev–Trinajstić information content (AvgIpc) is 2.63. The van der Waals surface area contributed by atoms with Crippen molar-refractivity contribution < 1.29 is 54.2 Å². The number of halogens is 8. The van der Waals surface area contributed by atoms with Crippen LogP contribution in [0.3, 0.4) is 0 Å². The lowest BCUT2D eigenvalue weighted by molar-refractivity contribution is -0.344. The van der Waals surface area contributed by atoms with E-state index in [2.05, 4.69) is 4.74 Å². The molecule has 0 saturated carbocycles. The Morgan fingerprint density at radius 3 is 2.10 bits per heavy atom. The van der Waals surface area contributed by atoms with E-state index in [1.165, 1.54) is 6.07 Å². The predicted molar refractivity (Wildman–Crippen MR) is 87.2 cm³/mol. The molecule has 1 rings (SSSR count). The first kappa shape index (κ1) is 25.6. The fraction of sp³-hybridized carbons (Fsp3) is 0.556. The smallest absolute Gasteiger partial charge is 0.381 e. The Kier molecular flexibility index (Phi) is 8.21. The standard InChI is InChI=1S/C18H18F8O4/c1-10-5-3-6-12(11(10)2)30-14(28)8-4-7-13(27)29-9-16(21,22)18(25,26)17(23,24)15(19)20/h3,5-6,15H,4,7-9H2,1-2H3. The number of ether oxygens (including phenoxy) is 2. The van der Waals surface area contributed by atoms with Gasteiger partial charge in [-0.3, -0.25) is 9.59 Å². The van der Waals surface area contributed by atoms with E-state index in [0.717, 1.165) is 5.56 Å². The van der Waals surface area contributed by atoms with Gasteiger partial charge in [0.25, 0.3) is 0 Å². The zero-order chi connectivity index (χ0) is 23.3. The summed E-state index contributed by atoms with van der Waals surface area (Å²) < 4.78 is 111. The molecule has 0 spiro atoms. The maximum atomic E-state index is 13.3. The molecule has 1 aromatic rings. The Hall–Kier alpha value is -2.40. The SMILES string of the molecule is Cc1cccc(OC(=O)CCCC(=O)OCC(F)(F)C(F)(F)C(F)(F)C(F)F)c1C. The maximum Gasteiger partial charge on any atom is 0.381 e. The summed E-state index contributed by atoms with van der Waals surface area (Å²) in [5.74, 6) is -20.5. The van der Waals surface area contributed by atoms with E-state index in [9.17, 15) is 44.7 Å². The molecule has 4 nitrogen and oxygen atoms in total. The van der Waals surface area contributed by atoms with Crippen LogP contribution in [0.15, 0.2) is 18.2 Å². The van der Waals surface area contributed by atoms with E-state index in [1.807, 2.05) is 0 Å². The summed E-state index contributed by atoms with van der Waals surface area (Å²) in [6.45, 7) is 0.941. The van der Waals surface area contributed by atoms with Crippen molar-refractivity contribution in [3.05, 3.63) is 29.3 Å². The highest BCUT2D eigenvalue weighted by Gasteiger charge is 2.75. The van der Waals surface area contributed by atoms with Crippen LogP contribution in [0.1, 0.15) is 30.4 Å². The third-order valence-electron chi connectivity index (χ3n) is 4.11. The summed E-state index contributed by atoms with van der Waals surface area (Å²) in [6.07, 6.45) is -6.40. The van der Waals surface area contributed by atoms with Crippen LogP contribution in [0.4, 0.5) is 35.1 Å². The summed E-state index contributed by atoms with van der Waals surface area (Å²) in [7, 11) is 0. The van der Waals surface area contributed by atoms with Gasteiger partial charge in [0.1, 0.15) is 5.75 Å². The maximum absolute atomic E-state index is 13.3. The fourth-order valence-corrected chi connectivity index (χ4v) is 2.10. The number of alkyl halides is 8. The van der Waals surface area contributed by atoms with Gasteiger partial charge in [-0.2, -0.15) is 26.3 Å². The van der Waals surface area contributed by atoms with Gasteiger partial charge in [-0.05, 0) is 37.5 Å². The highest BCUT2D eigenvalue weighted by molar-refractivity contribution is 5.74. The molecule has 170 valence electrons. The molecule has 0 atom stereocenters. The Morgan fingerprint density at radius 2 is 1.53 bits per heavy atom. The summed E-state index contributed by atoms with van der Waals surface area (Å²) in [5, 5.41) is 0. The number of rotatable bonds is 10. The van der Waals surface area contributed by atoms with E-state index in [1.54, 1.807) is 26.0 Å². The van der Waals surface area contributed by atoms with Crippen LogP contribution in [-0.2, 0) is 14.3 Å². The first-order valence-electron chi connectivity index (χ1n) is 8.47. The van der Waals surface area contributed by atoms with Crippen LogP contribution in [0.25, 0.3) is 0 Å². The zero-order valence-electron chi connectivity index (χ0n) is 15.8. The van der Waals surface area contributed by atoms with E-state index in [0.29, 0.717) is 5.56 Å². The van der Waals surface area contributed by atoms with E-state index < -0.39 is 49.2 Å². The van der Waals surface area contributed by atoms with Crippen molar-refractivity contribution in [3.63, 3.8) is 0 Å². The first-order valence-corrected chi connectivity index (χ1v) is 8.47. The topological polar surface area (TPSA) is 52.6 Å². The largest absolute Gasteiger partial charge is 0.459 e. The second-order valence-electron chi connectivity index (χ2n) is 6.39. The van der Waals surface area contributed by atoms with Gasteiger partial charge in [-0.25, -0.2) is 8.78 Å². The van der Waals surface area contributed by atoms with Gasteiger partial charge in [-0.15, -0.1) is 0 Å². The number of carbonyl (C=O) groups is 2. The molecule has 0 aliphatic heterocycles. The molecule has 0 unspecified atom stereocenters. The lowest BCUT2D eigenvalue weighted by atomic mass is 10.1. The minimum absolute atomic E-state index is 0.268. The van der Waals surface area contributed by atoms with Gasteiger partial charge in [0.05, 0.1) is 0 Å². The molecule has 0 bridgehead atoms. The van der Waals surface area contributed by atoms with E-state index >= 15 is 0 Å². The van der Waals surface area contributed by atoms with Crippen molar-refractivity contribution in [1.29, 1.82) is 0 Å². The molecular weight excluding hydrogens is 432 g/mol. The number of hydrogen-bond acceptors (Lipinski definition) is 4. The molecule has 0 radical (unpaired) electrons. The van der Waals surface area contributed by atoms with Crippen molar-refractivity contribution in [1.82, 2.24) is 0 Å². The van der Waals surface area contributed by atoms with Gasteiger partial charge in [0.15, 0.2) is 6.61 Å². The summed E-state index contributed by atoms with van der Waals surface area (Å²) in [4.78, 5) is 23.1. The summed E-state index contributed by atoms with van der Waals surface area (Å²) in [5.41, 5.74) is 1.54. The molecule has 0 fully saturated rings. The molecule has 0 aliphatic rings. The van der Waals surface area contributed by atoms with Crippen LogP contribution < -0.4 is 4.74 Å². The summed E-state index contributed by atoms with van der Waals surface area (Å²) >= 11 is 0. The monoisotopic (exact) mass is 450 g/mol. The molecule has 0 heterocycles. The second-order valence-corrected chi connectivity index (χ2v) is 6.39. The third kappa shape index (κ3) is 5.82. The average molecular weight is 450 g/mol. The normalized spacial score (nSPS) is 12.8. The number of benzene rings is 1. The Bertz CT molecular complexity index is 765. The van der Waals surface area contributed by atoms with Gasteiger partial charge in [0.2, 0.25) is 0 Å². The Labute approximate surface area is 166 Å². The van der Waals surface area contributed by atoms with Gasteiger partial charge in [-0.1, -0.05) is 12.1 Å². The van der Waals surface area contributed by atoms with Crippen LogP contribution >= 0.6 is 0 Å². The highest BCUT2D eigenvalue weighted by Crippen LogP contribution is 2.48. The molecule has 1 aromatic carbocycles. The molecule has 12 heteroatoms. The van der Waals surface area contributed by atoms with Crippen LogP contribution in [0.5, 0.6) is 5.75 Å². The fourth-order valence-electron chi connectivity index (χ4n) is 2.10.